The first kappa shape index (κ1) is 13.4. The second-order valence-corrected chi connectivity index (χ2v) is 5.62. The summed E-state index contributed by atoms with van der Waals surface area (Å²) in [4.78, 5) is 17.6. The van der Waals surface area contributed by atoms with Gasteiger partial charge in [0.2, 0.25) is 0 Å². The number of nitrogens with one attached hydrogen (secondary N) is 1. The number of aryl methyl sites for hydroxylation is 2. The molecule has 21 heavy (non-hydrogen) atoms. The van der Waals surface area contributed by atoms with E-state index in [4.69, 9.17) is 0 Å². The molecular formula is C13H12N6OS. The monoisotopic (exact) mass is 300 g/mol. The number of anilines is 1. The van der Waals surface area contributed by atoms with Crippen LogP contribution in [0.15, 0.2) is 30.6 Å². The molecule has 1 amide bonds. The quantitative estimate of drug-likeness (QED) is 0.799. The van der Waals surface area contributed by atoms with Crippen LogP contribution in [0.4, 0.5) is 5.13 Å². The predicted molar refractivity (Wildman–Crippen MR) is 78.7 cm³/mol. The van der Waals surface area contributed by atoms with Gasteiger partial charge in [-0.3, -0.25) is 10.1 Å². The molecule has 2 heterocycles. The normalized spacial score (nSPS) is 10.6. The first-order valence-corrected chi connectivity index (χ1v) is 7.04. The van der Waals surface area contributed by atoms with Crippen LogP contribution in [0.5, 0.6) is 0 Å². The van der Waals surface area contributed by atoms with Crippen molar-refractivity contribution in [3.05, 3.63) is 46.7 Å². The van der Waals surface area contributed by atoms with Crippen molar-refractivity contribution in [3.63, 3.8) is 0 Å². The Bertz CT molecular complexity index is 760. The van der Waals surface area contributed by atoms with Crippen LogP contribution < -0.4 is 5.32 Å². The number of hydrogen-bond acceptors (Lipinski definition) is 6. The third kappa shape index (κ3) is 2.79. The Kier molecular flexibility index (Phi) is 3.44. The SMILES string of the molecule is Cc1nc(NC(=O)c2cccc(-n3cnnn3)c2)sc1C. The van der Waals surface area contributed by atoms with E-state index in [0.717, 1.165) is 16.3 Å². The molecule has 0 unspecified atom stereocenters. The average Bonchev–Trinajstić information content (AvgIpc) is 3.10. The van der Waals surface area contributed by atoms with Gasteiger partial charge >= 0.3 is 0 Å². The molecule has 0 fully saturated rings. The fourth-order valence-electron chi connectivity index (χ4n) is 1.76. The lowest BCUT2D eigenvalue weighted by atomic mass is 10.2. The minimum absolute atomic E-state index is 0.210. The molecule has 0 aliphatic rings. The Balaban J connectivity index is 1.83. The van der Waals surface area contributed by atoms with Crippen LogP contribution >= 0.6 is 11.3 Å². The van der Waals surface area contributed by atoms with Gasteiger partial charge in [-0.25, -0.2) is 9.67 Å². The molecule has 8 heteroatoms. The minimum Gasteiger partial charge on any atom is -0.298 e. The standard InChI is InChI=1S/C13H12N6OS/c1-8-9(2)21-13(15-8)16-12(20)10-4-3-5-11(6-10)19-7-14-17-18-19/h3-7H,1-2H3,(H,15,16,20). The molecule has 106 valence electrons. The van der Waals surface area contributed by atoms with Crippen LogP contribution in [0.2, 0.25) is 0 Å². The Hall–Kier alpha value is -2.61. The number of aromatic nitrogens is 5. The summed E-state index contributed by atoms with van der Waals surface area (Å²) in [6, 6.07) is 7.06. The van der Waals surface area contributed by atoms with Crippen molar-refractivity contribution in [3.8, 4) is 5.69 Å². The Morgan fingerprint density at radius 2 is 2.19 bits per heavy atom. The fraction of sp³-hybridized carbons (Fsp3) is 0.154. The van der Waals surface area contributed by atoms with E-state index in [-0.39, 0.29) is 5.91 Å². The maximum Gasteiger partial charge on any atom is 0.257 e. The summed E-state index contributed by atoms with van der Waals surface area (Å²) in [5, 5.41) is 14.4. The molecule has 3 aromatic rings. The van der Waals surface area contributed by atoms with Crippen molar-refractivity contribution < 1.29 is 4.79 Å². The summed E-state index contributed by atoms with van der Waals surface area (Å²) < 4.78 is 1.49. The molecule has 0 saturated carbocycles. The number of hydrogen-bond donors (Lipinski definition) is 1. The number of carbonyl (C=O) groups is 1. The summed E-state index contributed by atoms with van der Waals surface area (Å²) in [5.41, 5.74) is 2.17. The summed E-state index contributed by atoms with van der Waals surface area (Å²) in [6.07, 6.45) is 1.48. The number of nitrogens with zero attached hydrogens (tertiary/aromatic N) is 5. The molecule has 1 N–H and O–H groups in total. The van der Waals surface area contributed by atoms with Crippen LogP contribution in [0, 0.1) is 13.8 Å². The lowest BCUT2D eigenvalue weighted by Gasteiger charge is -2.04. The van der Waals surface area contributed by atoms with Crippen molar-refractivity contribution in [2.75, 3.05) is 5.32 Å². The molecule has 0 radical (unpaired) electrons. The molecule has 0 aliphatic carbocycles. The van der Waals surface area contributed by atoms with Crippen molar-refractivity contribution in [1.82, 2.24) is 25.2 Å². The van der Waals surface area contributed by atoms with Crippen molar-refractivity contribution in [2.45, 2.75) is 13.8 Å². The number of thiazole rings is 1. The van der Waals surface area contributed by atoms with Crippen molar-refractivity contribution in [2.24, 2.45) is 0 Å². The fourth-order valence-corrected chi connectivity index (χ4v) is 2.57. The van der Waals surface area contributed by atoms with Gasteiger partial charge in [0.1, 0.15) is 6.33 Å². The molecule has 0 atom stereocenters. The van der Waals surface area contributed by atoms with Gasteiger partial charge in [-0.1, -0.05) is 6.07 Å². The summed E-state index contributed by atoms with van der Waals surface area (Å²) in [5.74, 6) is -0.210. The molecule has 1 aromatic carbocycles. The predicted octanol–water partition coefficient (Wildman–Crippen LogP) is 1.99. The molecule has 0 bridgehead atoms. The van der Waals surface area contributed by atoms with Crippen LogP contribution in [-0.2, 0) is 0 Å². The average molecular weight is 300 g/mol. The van der Waals surface area contributed by atoms with Crippen LogP contribution in [0.25, 0.3) is 5.69 Å². The highest BCUT2D eigenvalue weighted by atomic mass is 32.1. The van der Waals surface area contributed by atoms with E-state index in [9.17, 15) is 4.79 Å². The van der Waals surface area contributed by atoms with Gasteiger partial charge in [0.05, 0.1) is 11.4 Å². The summed E-state index contributed by atoms with van der Waals surface area (Å²) in [6.45, 7) is 3.89. The highest BCUT2D eigenvalue weighted by Gasteiger charge is 2.11. The largest absolute Gasteiger partial charge is 0.298 e. The van der Waals surface area contributed by atoms with Crippen LogP contribution in [-0.4, -0.2) is 31.1 Å². The second kappa shape index (κ2) is 5.41. The number of benzene rings is 1. The van der Waals surface area contributed by atoms with Crippen LogP contribution in [0.3, 0.4) is 0 Å². The lowest BCUT2D eigenvalue weighted by molar-refractivity contribution is 0.102. The van der Waals surface area contributed by atoms with Crippen molar-refractivity contribution in [1.29, 1.82) is 0 Å². The highest BCUT2D eigenvalue weighted by Crippen LogP contribution is 2.22. The third-order valence-corrected chi connectivity index (χ3v) is 3.96. The van der Waals surface area contributed by atoms with Gasteiger partial charge in [-0.2, -0.15) is 0 Å². The topological polar surface area (TPSA) is 85.6 Å². The van der Waals surface area contributed by atoms with Gasteiger partial charge in [-0.05, 0) is 42.5 Å². The van der Waals surface area contributed by atoms with Crippen LogP contribution in [0.1, 0.15) is 20.9 Å². The third-order valence-electron chi connectivity index (χ3n) is 2.97. The zero-order valence-electron chi connectivity index (χ0n) is 11.4. The number of tetrazole rings is 1. The zero-order valence-corrected chi connectivity index (χ0v) is 12.3. The Labute approximate surface area is 124 Å². The second-order valence-electron chi connectivity index (χ2n) is 4.42. The van der Waals surface area contributed by atoms with E-state index in [1.807, 2.05) is 19.9 Å². The molecule has 0 spiro atoms. The maximum atomic E-state index is 12.3. The van der Waals surface area contributed by atoms with Crippen molar-refractivity contribution >= 4 is 22.4 Å². The maximum absolute atomic E-state index is 12.3. The summed E-state index contributed by atoms with van der Waals surface area (Å²) in [7, 11) is 0. The number of rotatable bonds is 3. The van der Waals surface area contributed by atoms with Gasteiger partial charge < -0.3 is 0 Å². The zero-order chi connectivity index (χ0) is 14.8. The van der Waals surface area contributed by atoms with Gasteiger partial charge in [0, 0.05) is 10.4 Å². The molecule has 0 saturated heterocycles. The Morgan fingerprint density at radius 3 is 2.86 bits per heavy atom. The number of amides is 1. The molecule has 7 nitrogen and oxygen atoms in total. The van der Waals surface area contributed by atoms with E-state index in [2.05, 4.69) is 25.8 Å². The van der Waals surface area contributed by atoms with E-state index in [1.54, 1.807) is 18.2 Å². The van der Waals surface area contributed by atoms with E-state index in [1.165, 1.54) is 22.3 Å². The Morgan fingerprint density at radius 1 is 1.33 bits per heavy atom. The lowest BCUT2D eigenvalue weighted by Crippen LogP contribution is -2.12. The van der Waals surface area contributed by atoms with Gasteiger partial charge in [0.25, 0.3) is 5.91 Å². The smallest absolute Gasteiger partial charge is 0.257 e. The van der Waals surface area contributed by atoms with E-state index in [0.29, 0.717) is 10.7 Å². The van der Waals surface area contributed by atoms with Gasteiger partial charge in [-0.15, -0.1) is 16.4 Å². The molecular weight excluding hydrogens is 288 g/mol. The van der Waals surface area contributed by atoms with Gasteiger partial charge in [0.15, 0.2) is 5.13 Å². The summed E-state index contributed by atoms with van der Waals surface area (Å²) >= 11 is 1.46. The molecule has 0 aliphatic heterocycles. The number of carbonyl (C=O) groups excluding carboxylic acids is 1. The first-order chi connectivity index (χ1) is 10.1. The minimum atomic E-state index is -0.210. The van der Waals surface area contributed by atoms with E-state index >= 15 is 0 Å². The molecule has 3 rings (SSSR count). The molecule has 2 aromatic heterocycles. The van der Waals surface area contributed by atoms with E-state index < -0.39 is 0 Å². The first-order valence-electron chi connectivity index (χ1n) is 6.22. The highest BCUT2D eigenvalue weighted by molar-refractivity contribution is 7.15.